The Kier molecular flexibility index (Phi) is 6.98. The van der Waals surface area contributed by atoms with Crippen LogP contribution < -0.4 is 19.3 Å². The number of ether oxygens (including phenoxy) is 2. The molecule has 0 N–H and O–H groups in total. The highest BCUT2D eigenvalue weighted by Gasteiger charge is 2.29. The Morgan fingerprint density at radius 2 is 0.938 bits per heavy atom. The van der Waals surface area contributed by atoms with Crippen LogP contribution >= 0.6 is 0 Å². The molecule has 170 valence electrons. The lowest BCUT2D eigenvalue weighted by Gasteiger charge is -2.20. The van der Waals surface area contributed by atoms with Crippen molar-refractivity contribution in [2.75, 3.05) is 36.0 Å². The maximum atomic E-state index is 12.6. The van der Waals surface area contributed by atoms with Crippen LogP contribution in [0.3, 0.4) is 0 Å². The second-order valence-electron chi connectivity index (χ2n) is 8.80. The molecule has 2 aromatic carbocycles. The largest absolute Gasteiger partial charge is 0.426 e. The summed E-state index contributed by atoms with van der Waals surface area (Å²) in [5, 5.41) is 0. The molecule has 0 amide bonds. The number of hydrogen-bond donors (Lipinski definition) is 0. The third-order valence-electron chi connectivity index (χ3n) is 6.55. The smallest absolute Gasteiger partial charge is 0.314 e. The van der Waals surface area contributed by atoms with E-state index in [9.17, 15) is 9.59 Å². The molecule has 2 aromatic rings. The van der Waals surface area contributed by atoms with Gasteiger partial charge in [-0.1, -0.05) is 13.8 Å². The van der Waals surface area contributed by atoms with Crippen molar-refractivity contribution in [3.8, 4) is 11.5 Å². The lowest BCUT2D eigenvalue weighted by atomic mass is 9.96. The highest BCUT2D eigenvalue weighted by atomic mass is 16.5. The molecular formula is C26H32N2O4. The van der Waals surface area contributed by atoms with Crippen LogP contribution in [0.15, 0.2) is 48.5 Å². The molecule has 6 heteroatoms. The predicted molar refractivity (Wildman–Crippen MR) is 125 cm³/mol. The molecule has 6 nitrogen and oxygen atoms in total. The third kappa shape index (κ3) is 5.23. The van der Waals surface area contributed by atoms with Crippen LogP contribution in [0, 0.1) is 11.8 Å². The second-order valence-corrected chi connectivity index (χ2v) is 8.80. The summed E-state index contributed by atoms with van der Waals surface area (Å²) in [5.74, 6) is -1.14. The van der Waals surface area contributed by atoms with Gasteiger partial charge in [-0.3, -0.25) is 9.59 Å². The first-order chi connectivity index (χ1) is 15.5. The molecule has 2 saturated heterocycles. The summed E-state index contributed by atoms with van der Waals surface area (Å²) in [6.45, 7) is 7.66. The number of carbonyl (C=O) groups is 2. The normalized spacial score (nSPS) is 17.8. The number of anilines is 2. The zero-order valence-corrected chi connectivity index (χ0v) is 19.0. The van der Waals surface area contributed by atoms with Gasteiger partial charge in [-0.05, 0) is 74.2 Å². The molecule has 0 bridgehead atoms. The van der Waals surface area contributed by atoms with E-state index in [-0.39, 0.29) is 0 Å². The molecule has 0 spiro atoms. The Morgan fingerprint density at radius 3 is 1.25 bits per heavy atom. The maximum Gasteiger partial charge on any atom is 0.314 e. The van der Waals surface area contributed by atoms with E-state index in [1.807, 2.05) is 48.5 Å². The van der Waals surface area contributed by atoms with Crippen LogP contribution in [0.4, 0.5) is 11.4 Å². The molecule has 32 heavy (non-hydrogen) atoms. The molecule has 2 unspecified atom stereocenters. The van der Waals surface area contributed by atoms with E-state index in [4.69, 9.17) is 9.47 Å². The third-order valence-corrected chi connectivity index (χ3v) is 6.55. The number of rotatable bonds is 7. The summed E-state index contributed by atoms with van der Waals surface area (Å²) in [7, 11) is 0. The quantitative estimate of drug-likeness (QED) is 0.464. The maximum absolute atomic E-state index is 12.6. The zero-order chi connectivity index (χ0) is 22.5. The lowest BCUT2D eigenvalue weighted by Crippen LogP contribution is -2.31. The Bertz CT molecular complexity index is 836. The lowest BCUT2D eigenvalue weighted by molar-refractivity contribution is -0.149. The van der Waals surface area contributed by atoms with E-state index in [1.165, 1.54) is 25.7 Å². The fourth-order valence-corrected chi connectivity index (χ4v) is 4.23. The number of hydrogen-bond acceptors (Lipinski definition) is 6. The topological polar surface area (TPSA) is 59.1 Å². The predicted octanol–water partition coefficient (Wildman–Crippen LogP) is 4.67. The van der Waals surface area contributed by atoms with Gasteiger partial charge in [-0.15, -0.1) is 0 Å². The van der Waals surface area contributed by atoms with Crippen LogP contribution in [-0.2, 0) is 9.59 Å². The summed E-state index contributed by atoms with van der Waals surface area (Å²) in [6.07, 6.45) is 4.85. The van der Waals surface area contributed by atoms with Crippen molar-refractivity contribution in [1.82, 2.24) is 0 Å². The Hall–Kier alpha value is -3.02. The molecule has 2 aliphatic heterocycles. The van der Waals surface area contributed by atoms with Gasteiger partial charge in [-0.2, -0.15) is 0 Å². The van der Waals surface area contributed by atoms with E-state index < -0.39 is 23.8 Å². The van der Waals surface area contributed by atoms with Crippen molar-refractivity contribution in [2.45, 2.75) is 39.5 Å². The van der Waals surface area contributed by atoms with Gasteiger partial charge in [0, 0.05) is 37.6 Å². The van der Waals surface area contributed by atoms with Crippen LogP contribution in [0.1, 0.15) is 39.5 Å². The molecular weight excluding hydrogens is 404 g/mol. The summed E-state index contributed by atoms with van der Waals surface area (Å²) in [4.78, 5) is 29.8. The number of nitrogens with zero attached hydrogens (tertiary/aromatic N) is 2. The van der Waals surface area contributed by atoms with Gasteiger partial charge in [0.1, 0.15) is 11.5 Å². The van der Waals surface area contributed by atoms with Crippen molar-refractivity contribution in [3.63, 3.8) is 0 Å². The van der Waals surface area contributed by atoms with Crippen molar-refractivity contribution in [1.29, 1.82) is 0 Å². The average Bonchev–Trinajstić information content (AvgIpc) is 3.54. The molecule has 0 aromatic heterocycles. The zero-order valence-electron chi connectivity index (χ0n) is 19.0. The molecule has 2 fully saturated rings. The molecule has 4 rings (SSSR count). The number of benzene rings is 2. The Labute approximate surface area is 190 Å². The number of carbonyl (C=O) groups excluding carboxylic acids is 2. The fourth-order valence-electron chi connectivity index (χ4n) is 4.23. The molecule has 0 saturated carbocycles. The van der Waals surface area contributed by atoms with Crippen LogP contribution in [0.5, 0.6) is 11.5 Å². The van der Waals surface area contributed by atoms with E-state index >= 15 is 0 Å². The minimum Gasteiger partial charge on any atom is -0.426 e. The highest BCUT2D eigenvalue weighted by Crippen LogP contribution is 2.26. The first-order valence-corrected chi connectivity index (χ1v) is 11.6. The van der Waals surface area contributed by atoms with Gasteiger partial charge >= 0.3 is 11.9 Å². The van der Waals surface area contributed by atoms with Crippen LogP contribution in [0.25, 0.3) is 0 Å². The standard InChI is InChI=1S/C26H32N2O4/c1-19(25(29)31-23-11-7-21(8-12-23)27-15-3-4-16-27)20(2)26(30)32-24-13-9-22(10-14-24)28-17-5-6-18-28/h7-14,19-20H,3-6,15-18H2,1-2H3. The fraction of sp³-hybridized carbons (Fsp3) is 0.462. The SMILES string of the molecule is CC(C(=O)Oc1ccc(N2CCCC2)cc1)C(C)C(=O)Oc1ccc(N2CCCC2)cc1. The highest BCUT2D eigenvalue weighted by molar-refractivity contribution is 5.83. The first kappa shape index (κ1) is 22.2. The molecule has 0 radical (unpaired) electrons. The monoisotopic (exact) mass is 436 g/mol. The Balaban J connectivity index is 1.29. The molecule has 2 aliphatic rings. The summed E-state index contributed by atoms with van der Waals surface area (Å²) in [5.41, 5.74) is 2.28. The van der Waals surface area contributed by atoms with E-state index in [0.29, 0.717) is 11.5 Å². The second kappa shape index (κ2) is 10.1. The van der Waals surface area contributed by atoms with E-state index in [2.05, 4.69) is 9.80 Å². The summed E-state index contributed by atoms with van der Waals surface area (Å²) in [6, 6.07) is 15.1. The minimum atomic E-state index is -0.621. The van der Waals surface area contributed by atoms with Crippen molar-refractivity contribution in [2.24, 2.45) is 11.8 Å². The van der Waals surface area contributed by atoms with Gasteiger partial charge in [0.2, 0.25) is 0 Å². The van der Waals surface area contributed by atoms with Crippen molar-refractivity contribution in [3.05, 3.63) is 48.5 Å². The molecule has 2 atom stereocenters. The summed E-state index contributed by atoms with van der Waals surface area (Å²) < 4.78 is 11.0. The van der Waals surface area contributed by atoms with E-state index in [0.717, 1.165) is 37.6 Å². The van der Waals surface area contributed by atoms with Crippen molar-refractivity contribution < 1.29 is 19.1 Å². The van der Waals surface area contributed by atoms with Gasteiger partial charge in [0.05, 0.1) is 11.8 Å². The average molecular weight is 437 g/mol. The number of esters is 2. The Morgan fingerprint density at radius 1 is 0.625 bits per heavy atom. The van der Waals surface area contributed by atoms with Crippen LogP contribution in [-0.4, -0.2) is 38.1 Å². The molecule has 0 aliphatic carbocycles. The molecule has 2 heterocycles. The minimum absolute atomic E-state index is 0.437. The van der Waals surface area contributed by atoms with Gasteiger partial charge in [0.15, 0.2) is 0 Å². The first-order valence-electron chi connectivity index (χ1n) is 11.6. The van der Waals surface area contributed by atoms with E-state index in [1.54, 1.807) is 13.8 Å². The van der Waals surface area contributed by atoms with Crippen LogP contribution in [0.2, 0.25) is 0 Å². The summed E-state index contributed by atoms with van der Waals surface area (Å²) >= 11 is 0. The van der Waals surface area contributed by atoms with Gasteiger partial charge in [0.25, 0.3) is 0 Å². The van der Waals surface area contributed by atoms with Gasteiger partial charge in [-0.25, -0.2) is 0 Å². The van der Waals surface area contributed by atoms with Crippen molar-refractivity contribution >= 4 is 23.3 Å². The van der Waals surface area contributed by atoms with Gasteiger partial charge < -0.3 is 19.3 Å².